The summed E-state index contributed by atoms with van der Waals surface area (Å²) in [5.74, 6) is -1.82. The summed E-state index contributed by atoms with van der Waals surface area (Å²) >= 11 is 4.72. The molecule has 0 aromatic heterocycles. The van der Waals surface area contributed by atoms with Crippen molar-refractivity contribution in [3.8, 4) is 0 Å². The SMILES string of the molecule is O=C(CCl)C(F)F. The molecule has 0 fully saturated rings. The quantitative estimate of drug-likeness (QED) is 0.509. The van der Waals surface area contributed by atoms with Crippen LogP contribution in [0.5, 0.6) is 0 Å². The highest BCUT2D eigenvalue weighted by Gasteiger charge is 2.11. The van der Waals surface area contributed by atoms with Gasteiger partial charge in [0.25, 0.3) is 6.43 Å². The summed E-state index contributed by atoms with van der Waals surface area (Å²) in [6.45, 7) is 0. The fourth-order valence-corrected chi connectivity index (χ4v) is 0.175. The maximum atomic E-state index is 11.0. The molecule has 0 aliphatic rings. The van der Waals surface area contributed by atoms with E-state index in [2.05, 4.69) is 0 Å². The van der Waals surface area contributed by atoms with Crippen LogP contribution in [0.25, 0.3) is 0 Å². The van der Waals surface area contributed by atoms with Gasteiger partial charge >= 0.3 is 0 Å². The van der Waals surface area contributed by atoms with Gasteiger partial charge in [-0.3, -0.25) is 4.79 Å². The van der Waals surface area contributed by atoms with Gasteiger partial charge in [0.2, 0.25) is 5.78 Å². The number of carbonyl (C=O) groups excluding carboxylic acids is 1. The molecule has 0 saturated carbocycles. The van der Waals surface area contributed by atoms with E-state index < -0.39 is 18.1 Å². The minimum absolute atomic E-state index is 0.600. The average Bonchev–Trinajstić information content (AvgIpc) is 1.65. The van der Waals surface area contributed by atoms with Gasteiger partial charge in [-0.15, -0.1) is 11.6 Å². The number of ketones is 1. The summed E-state index contributed by atoms with van der Waals surface area (Å²) in [4.78, 5) is 9.63. The zero-order chi connectivity index (χ0) is 5.86. The minimum Gasteiger partial charge on any atom is -0.292 e. The van der Waals surface area contributed by atoms with Crippen molar-refractivity contribution in [3.05, 3.63) is 0 Å². The van der Waals surface area contributed by atoms with E-state index in [1.54, 1.807) is 0 Å². The molecule has 0 amide bonds. The lowest BCUT2D eigenvalue weighted by Gasteiger charge is -1.87. The molecule has 0 spiro atoms. The predicted octanol–water partition coefficient (Wildman–Crippen LogP) is 1.06. The van der Waals surface area contributed by atoms with E-state index in [4.69, 9.17) is 11.6 Å². The van der Waals surface area contributed by atoms with E-state index in [1.165, 1.54) is 0 Å². The van der Waals surface area contributed by atoms with Gasteiger partial charge in [-0.2, -0.15) is 0 Å². The molecule has 1 nitrogen and oxygen atoms in total. The first-order valence-corrected chi connectivity index (χ1v) is 2.08. The van der Waals surface area contributed by atoms with Crippen LogP contribution in [0, 0.1) is 0 Å². The van der Waals surface area contributed by atoms with Gasteiger partial charge in [-0.1, -0.05) is 0 Å². The van der Waals surface area contributed by atoms with Gasteiger partial charge in [0.15, 0.2) is 0 Å². The Labute approximate surface area is 44.3 Å². The monoisotopic (exact) mass is 128 g/mol. The van der Waals surface area contributed by atoms with E-state index in [0.717, 1.165) is 0 Å². The Balaban J connectivity index is 3.35. The maximum Gasteiger partial charge on any atom is 0.297 e. The Kier molecular flexibility index (Phi) is 2.83. The van der Waals surface area contributed by atoms with Gasteiger partial charge in [0, 0.05) is 0 Å². The summed E-state index contributed by atoms with van der Waals surface area (Å²) in [5.41, 5.74) is 0. The second-order valence-corrected chi connectivity index (χ2v) is 1.17. The highest BCUT2D eigenvalue weighted by atomic mass is 35.5. The normalized spacial score (nSPS) is 9.71. The number of halogens is 3. The van der Waals surface area contributed by atoms with E-state index >= 15 is 0 Å². The molecule has 4 heteroatoms. The standard InChI is InChI=1S/C3H3ClF2O/c4-1-2(7)3(5)6/h3H,1H2. The fraction of sp³-hybridized carbons (Fsp3) is 0.667. The highest BCUT2D eigenvalue weighted by Crippen LogP contribution is 1.94. The van der Waals surface area contributed by atoms with E-state index in [-0.39, 0.29) is 0 Å². The summed E-state index contributed by atoms with van der Waals surface area (Å²) in [7, 11) is 0. The Morgan fingerprint density at radius 2 is 2.14 bits per heavy atom. The molecule has 0 unspecified atom stereocenters. The maximum absolute atomic E-state index is 11.0. The van der Waals surface area contributed by atoms with Crippen LogP contribution in [0.2, 0.25) is 0 Å². The molecule has 0 aromatic rings. The van der Waals surface area contributed by atoms with Crippen molar-refractivity contribution in [2.45, 2.75) is 6.43 Å². The molecule has 0 radical (unpaired) electrons. The molecule has 0 saturated heterocycles. The largest absolute Gasteiger partial charge is 0.297 e. The fourth-order valence-electron chi connectivity index (χ4n) is 0.0583. The van der Waals surface area contributed by atoms with Crippen LogP contribution in [0.1, 0.15) is 0 Å². The van der Waals surface area contributed by atoms with Crippen molar-refractivity contribution >= 4 is 17.4 Å². The van der Waals surface area contributed by atoms with Gasteiger partial charge in [-0.25, -0.2) is 8.78 Å². The Morgan fingerprint density at radius 1 is 1.71 bits per heavy atom. The number of hydrogen-bond acceptors (Lipinski definition) is 1. The van der Waals surface area contributed by atoms with Crippen molar-refractivity contribution in [1.82, 2.24) is 0 Å². The third kappa shape index (κ3) is 2.51. The zero-order valence-electron chi connectivity index (χ0n) is 3.33. The van der Waals surface area contributed by atoms with Crippen molar-refractivity contribution in [2.24, 2.45) is 0 Å². The Bertz CT molecular complexity index is 73.3. The third-order valence-corrected chi connectivity index (χ3v) is 0.639. The number of carbonyl (C=O) groups is 1. The molecular formula is C3H3ClF2O. The van der Waals surface area contributed by atoms with Crippen LogP contribution in [-0.4, -0.2) is 18.1 Å². The number of alkyl halides is 3. The predicted molar refractivity (Wildman–Crippen MR) is 21.7 cm³/mol. The van der Waals surface area contributed by atoms with Crippen LogP contribution in [-0.2, 0) is 4.79 Å². The highest BCUT2D eigenvalue weighted by molar-refractivity contribution is 6.28. The third-order valence-electron chi connectivity index (χ3n) is 0.375. The van der Waals surface area contributed by atoms with Gasteiger partial charge < -0.3 is 0 Å². The van der Waals surface area contributed by atoms with Crippen LogP contribution < -0.4 is 0 Å². The van der Waals surface area contributed by atoms with E-state index in [0.29, 0.717) is 0 Å². The molecule has 0 rings (SSSR count). The van der Waals surface area contributed by atoms with Crippen LogP contribution in [0.15, 0.2) is 0 Å². The van der Waals surface area contributed by atoms with Crippen LogP contribution in [0.4, 0.5) is 8.78 Å². The molecule has 0 N–H and O–H groups in total. The summed E-state index contributed by atoms with van der Waals surface area (Å²) in [6, 6.07) is 0. The van der Waals surface area contributed by atoms with E-state index in [9.17, 15) is 13.6 Å². The van der Waals surface area contributed by atoms with Gasteiger partial charge in [0.1, 0.15) is 0 Å². The molecule has 0 bridgehead atoms. The Hall–Kier alpha value is -0.180. The molecular weight excluding hydrogens is 125 g/mol. The van der Waals surface area contributed by atoms with E-state index in [1.807, 2.05) is 0 Å². The average molecular weight is 129 g/mol. The molecule has 0 aliphatic heterocycles. The van der Waals surface area contributed by atoms with Crippen molar-refractivity contribution < 1.29 is 13.6 Å². The van der Waals surface area contributed by atoms with Gasteiger partial charge in [0.05, 0.1) is 5.88 Å². The second kappa shape index (κ2) is 2.91. The lowest BCUT2D eigenvalue weighted by molar-refractivity contribution is -0.126. The first kappa shape index (κ1) is 6.82. The Morgan fingerprint density at radius 3 is 2.14 bits per heavy atom. The van der Waals surface area contributed by atoms with Crippen LogP contribution >= 0.6 is 11.6 Å². The minimum atomic E-state index is -2.91. The topological polar surface area (TPSA) is 17.1 Å². The molecule has 0 heterocycles. The van der Waals surface area contributed by atoms with Crippen molar-refractivity contribution in [3.63, 3.8) is 0 Å². The number of hydrogen-bond donors (Lipinski definition) is 0. The van der Waals surface area contributed by atoms with Crippen molar-refractivity contribution in [1.29, 1.82) is 0 Å². The second-order valence-electron chi connectivity index (χ2n) is 0.901. The molecule has 0 aliphatic carbocycles. The molecule has 42 valence electrons. The number of rotatable bonds is 2. The van der Waals surface area contributed by atoms with Crippen LogP contribution in [0.3, 0.4) is 0 Å². The zero-order valence-corrected chi connectivity index (χ0v) is 4.08. The van der Waals surface area contributed by atoms with Crippen molar-refractivity contribution in [2.75, 3.05) is 5.88 Å². The summed E-state index contributed by atoms with van der Waals surface area (Å²) in [5, 5.41) is 0. The summed E-state index contributed by atoms with van der Waals surface area (Å²) < 4.78 is 22.0. The summed E-state index contributed by atoms with van der Waals surface area (Å²) in [6.07, 6.45) is -2.91. The first-order chi connectivity index (χ1) is 3.18. The first-order valence-electron chi connectivity index (χ1n) is 1.55. The molecule has 0 atom stereocenters. The lowest BCUT2D eigenvalue weighted by atomic mass is 10.5. The van der Waals surface area contributed by atoms with Gasteiger partial charge in [-0.05, 0) is 0 Å². The molecule has 0 aromatic carbocycles. The molecule has 7 heavy (non-hydrogen) atoms. The lowest BCUT2D eigenvalue weighted by Crippen LogP contribution is -2.10. The number of Topliss-reactive ketones (excluding diaryl/α,β-unsaturated/α-hetero) is 1. The smallest absolute Gasteiger partial charge is 0.292 e.